The monoisotopic (exact) mass is 301 g/mol. The van der Waals surface area contributed by atoms with Crippen molar-refractivity contribution in [3.8, 4) is 11.4 Å². The Balaban J connectivity index is 1.73. The molecule has 0 spiro atoms. The molecule has 1 N–H and O–H groups in total. The van der Waals surface area contributed by atoms with Crippen molar-refractivity contribution < 1.29 is 9.32 Å². The van der Waals surface area contributed by atoms with E-state index in [1.165, 1.54) is 11.0 Å². The van der Waals surface area contributed by atoms with Crippen molar-refractivity contribution in [3.63, 3.8) is 0 Å². The van der Waals surface area contributed by atoms with Gasteiger partial charge in [-0.15, -0.1) is 0 Å². The molecule has 22 heavy (non-hydrogen) atoms. The molecule has 0 unspecified atom stereocenters. The molecule has 1 amide bonds. The first-order valence-electron chi connectivity index (χ1n) is 7.65. The third-order valence-corrected chi connectivity index (χ3v) is 3.99. The van der Waals surface area contributed by atoms with Gasteiger partial charge in [0.15, 0.2) is 5.82 Å². The van der Waals surface area contributed by atoms with Crippen molar-refractivity contribution in [2.24, 2.45) is 0 Å². The zero-order chi connectivity index (χ0) is 15.4. The summed E-state index contributed by atoms with van der Waals surface area (Å²) in [6.07, 6.45) is 5.54. The van der Waals surface area contributed by atoms with Gasteiger partial charge in [-0.05, 0) is 12.8 Å². The van der Waals surface area contributed by atoms with Crippen molar-refractivity contribution >= 4 is 5.91 Å². The maximum absolute atomic E-state index is 12.2. The fraction of sp³-hybridized carbons (Fsp3) is 0.438. The van der Waals surface area contributed by atoms with Crippen LogP contribution in [0.15, 0.2) is 39.6 Å². The van der Waals surface area contributed by atoms with Crippen LogP contribution in [-0.2, 0) is 11.3 Å². The maximum Gasteiger partial charge on any atom is 0.442 e. The summed E-state index contributed by atoms with van der Waals surface area (Å²) in [5.41, 5.74) is 0.749. The molecule has 0 aliphatic heterocycles. The van der Waals surface area contributed by atoms with Crippen LogP contribution in [-0.4, -0.2) is 21.7 Å². The van der Waals surface area contributed by atoms with E-state index in [-0.39, 0.29) is 18.5 Å². The Labute approximate surface area is 128 Å². The van der Waals surface area contributed by atoms with Crippen LogP contribution < -0.4 is 11.1 Å². The number of amides is 1. The number of hydrogen-bond acceptors (Lipinski definition) is 4. The predicted octanol–water partition coefficient (Wildman–Crippen LogP) is 1.95. The zero-order valence-corrected chi connectivity index (χ0v) is 12.3. The molecule has 1 aromatic heterocycles. The summed E-state index contributed by atoms with van der Waals surface area (Å²) >= 11 is 0. The smallest absolute Gasteiger partial charge is 0.352 e. The summed E-state index contributed by atoms with van der Waals surface area (Å²) < 4.78 is 5.99. The molecule has 0 atom stereocenters. The average molecular weight is 301 g/mol. The van der Waals surface area contributed by atoms with E-state index in [2.05, 4.69) is 10.5 Å². The van der Waals surface area contributed by atoms with Crippen molar-refractivity contribution in [1.82, 2.24) is 15.0 Å². The van der Waals surface area contributed by atoms with Gasteiger partial charge in [-0.3, -0.25) is 9.32 Å². The number of nitrogens with zero attached hydrogens (tertiary/aromatic N) is 2. The molecule has 1 fully saturated rings. The van der Waals surface area contributed by atoms with Gasteiger partial charge in [0, 0.05) is 11.6 Å². The molecule has 0 bridgehead atoms. The Hall–Kier alpha value is -2.37. The molecule has 116 valence electrons. The number of nitrogens with one attached hydrogen (secondary N) is 1. The van der Waals surface area contributed by atoms with Gasteiger partial charge in [0.2, 0.25) is 5.91 Å². The highest BCUT2D eigenvalue weighted by Crippen LogP contribution is 2.18. The zero-order valence-electron chi connectivity index (χ0n) is 12.3. The molecule has 1 aliphatic carbocycles. The van der Waals surface area contributed by atoms with Crippen LogP contribution in [0.5, 0.6) is 0 Å². The molecule has 2 aromatic rings. The largest absolute Gasteiger partial charge is 0.442 e. The summed E-state index contributed by atoms with van der Waals surface area (Å²) in [5, 5.41) is 6.78. The van der Waals surface area contributed by atoms with Crippen molar-refractivity contribution in [1.29, 1.82) is 0 Å². The lowest BCUT2D eigenvalue weighted by molar-refractivity contribution is -0.122. The molecular weight excluding hydrogens is 282 g/mol. The quantitative estimate of drug-likeness (QED) is 0.936. The van der Waals surface area contributed by atoms with Gasteiger partial charge in [-0.2, -0.15) is 0 Å². The summed E-state index contributed by atoms with van der Waals surface area (Å²) in [5.74, 6) is -0.406. The van der Waals surface area contributed by atoms with E-state index in [0.717, 1.165) is 31.2 Å². The van der Waals surface area contributed by atoms with Gasteiger partial charge in [0.05, 0.1) is 0 Å². The molecule has 0 radical (unpaired) electrons. The number of aromatic nitrogens is 2. The van der Waals surface area contributed by atoms with Gasteiger partial charge < -0.3 is 5.32 Å². The fourth-order valence-corrected chi connectivity index (χ4v) is 2.87. The van der Waals surface area contributed by atoms with Crippen molar-refractivity contribution in [2.45, 2.75) is 44.7 Å². The SMILES string of the molecule is O=C(Cn1c(-c2ccccc2)noc1=O)NC1CCCCC1. The summed E-state index contributed by atoms with van der Waals surface area (Å²) in [7, 11) is 0. The highest BCUT2D eigenvalue weighted by molar-refractivity contribution is 5.76. The minimum absolute atomic E-state index is 0.0664. The van der Waals surface area contributed by atoms with Crippen LogP contribution >= 0.6 is 0 Å². The number of benzene rings is 1. The van der Waals surface area contributed by atoms with Crippen LogP contribution in [0.2, 0.25) is 0 Å². The van der Waals surface area contributed by atoms with Gasteiger partial charge >= 0.3 is 5.76 Å². The Bertz CT molecular complexity index is 684. The second-order valence-corrected chi connectivity index (χ2v) is 5.63. The molecule has 6 heteroatoms. The lowest BCUT2D eigenvalue weighted by Gasteiger charge is -2.22. The predicted molar refractivity (Wildman–Crippen MR) is 81.2 cm³/mol. The van der Waals surface area contributed by atoms with E-state index >= 15 is 0 Å². The van der Waals surface area contributed by atoms with Crippen LogP contribution in [0.25, 0.3) is 11.4 Å². The maximum atomic E-state index is 12.2. The number of carbonyl (C=O) groups is 1. The second-order valence-electron chi connectivity index (χ2n) is 5.63. The van der Waals surface area contributed by atoms with Crippen molar-refractivity contribution in [3.05, 3.63) is 40.9 Å². The minimum Gasteiger partial charge on any atom is -0.352 e. The molecule has 1 aliphatic rings. The molecule has 0 saturated heterocycles. The first-order valence-corrected chi connectivity index (χ1v) is 7.65. The fourth-order valence-electron chi connectivity index (χ4n) is 2.87. The van der Waals surface area contributed by atoms with Gasteiger partial charge in [-0.1, -0.05) is 54.8 Å². The van der Waals surface area contributed by atoms with E-state index in [0.29, 0.717) is 5.82 Å². The highest BCUT2D eigenvalue weighted by atomic mass is 16.5. The Morgan fingerprint density at radius 3 is 2.68 bits per heavy atom. The molecule has 6 nitrogen and oxygen atoms in total. The van der Waals surface area contributed by atoms with Gasteiger partial charge in [0.25, 0.3) is 0 Å². The summed E-state index contributed by atoms with van der Waals surface area (Å²) in [6, 6.07) is 9.44. The van der Waals surface area contributed by atoms with E-state index < -0.39 is 5.76 Å². The third-order valence-electron chi connectivity index (χ3n) is 3.99. The van der Waals surface area contributed by atoms with E-state index in [4.69, 9.17) is 4.52 Å². The topological polar surface area (TPSA) is 77.1 Å². The molecule has 1 saturated carbocycles. The van der Waals surface area contributed by atoms with E-state index in [9.17, 15) is 9.59 Å². The Kier molecular flexibility index (Phi) is 4.37. The van der Waals surface area contributed by atoms with Crippen LogP contribution in [0.4, 0.5) is 0 Å². The average Bonchev–Trinajstić information content (AvgIpc) is 2.90. The molecule has 1 heterocycles. The first kappa shape index (κ1) is 14.6. The van der Waals surface area contributed by atoms with Crippen LogP contribution in [0.3, 0.4) is 0 Å². The molecular formula is C16H19N3O3. The summed E-state index contributed by atoms with van der Waals surface area (Å²) in [4.78, 5) is 24.0. The first-order chi connectivity index (χ1) is 10.7. The lowest BCUT2D eigenvalue weighted by Crippen LogP contribution is -2.39. The van der Waals surface area contributed by atoms with Gasteiger partial charge in [0.1, 0.15) is 6.54 Å². The second kappa shape index (κ2) is 6.60. The standard InChI is InChI=1S/C16H19N3O3/c20-14(17-13-9-5-2-6-10-13)11-19-15(18-22-16(19)21)12-7-3-1-4-8-12/h1,3-4,7-8,13H,2,5-6,9-11H2,(H,17,20). The lowest BCUT2D eigenvalue weighted by atomic mass is 9.95. The van der Waals surface area contributed by atoms with Gasteiger partial charge in [-0.25, -0.2) is 9.36 Å². The highest BCUT2D eigenvalue weighted by Gasteiger charge is 2.19. The Morgan fingerprint density at radius 1 is 1.23 bits per heavy atom. The number of rotatable bonds is 4. The Morgan fingerprint density at radius 2 is 1.95 bits per heavy atom. The minimum atomic E-state index is -0.613. The number of hydrogen-bond donors (Lipinski definition) is 1. The van der Waals surface area contributed by atoms with E-state index in [1.807, 2.05) is 30.3 Å². The molecule has 1 aromatic carbocycles. The van der Waals surface area contributed by atoms with Crippen molar-refractivity contribution in [2.75, 3.05) is 0 Å². The number of carbonyl (C=O) groups excluding carboxylic acids is 1. The van der Waals surface area contributed by atoms with Crippen LogP contribution in [0.1, 0.15) is 32.1 Å². The molecule has 3 rings (SSSR count). The normalized spacial score (nSPS) is 15.6. The summed E-state index contributed by atoms with van der Waals surface area (Å²) in [6.45, 7) is -0.0664. The third kappa shape index (κ3) is 3.27. The van der Waals surface area contributed by atoms with E-state index in [1.54, 1.807) is 0 Å². The van der Waals surface area contributed by atoms with Crippen LogP contribution in [0, 0.1) is 0 Å².